The summed E-state index contributed by atoms with van der Waals surface area (Å²) in [6.45, 7) is 6.18. The van der Waals surface area contributed by atoms with Gasteiger partial charge in [-0.3, -0.25) is 0 Å². The van der Waals surface area contributed by atoms with Gasteiger partial charge in [0.15, 0.2) is 11.5 Å². The minimum atomic E-state index is -0.189. The molecule has 0 atom stereocenters. The summed E-state index contributed by atoms with van der Waals surface area (Å²) in [4.78, 5) is 0. The molecule has 0 radical (unpaired) electrons. The van der Waals surface area contributed by atoms with Gasteiger partial charge in [-0.05, 0) is 23.1 Å². The van der Waals surface area contributed by atoms with E-state index >= 15 is 0 Å². The van der Waals surface area contributed by atoms with Crippen molar-refractivity contribution in [3.63, 3.8) is 0 Å². The molecular weight excluding hydrogens is 228 g/mol. The Morgan fingerprint density at radius 1 is 1.17 bits per heavy atom. The molecule has 0 fully saturated rings. The number of aromatic hydroxyl groups is 1. The Morgan fingerprint density at radius 3 is 2.39 bits per heavy atom. The number of hydrogen-bond donors (Lipinski definition) is 1. The van der Waals surface area contributed by atoms with E-state index in [4.69, 9.17) is 9.15 Å². The first-order valence-electron chi connectivity index (χ1n) is 5.88. The average molecular weight is 246 g/mol. The Balaban J connectivity index is 2.71. The molecule has 0 aliphatic rings. The Kier molecular flexibility index (Phi) is 3.07. The number of methoxy groups -OCH3 is 1. The topological polar surface area (TPSA) is 42.6 Å². The van der Waals surface area contributed by atoms with E-state index in [2.05, 4.69) is 20.8 Å². The van der Waals surface area contributed by atoms with Crippen LogP contribution in [0.3, 0.4) is 0 Å². The monoisotopic (exact) mass is 246 g/mol. The van der Waals surface area contributed by atoms with Gasteiger partial charge in [-0.15, -0.1) is 0 Å². The van der Waals surface area contributed by atoms with E-state index in [1.165, 1.54) is 0 Å². The van der Waals surface area contributed by atoms with E-state index in [1.807, 2.05) is 12.1 Å². The quantitative estimate of drug-likeness (QED) is 0.872. The SMILES string of the molecule is COc1ccc(-c2ccoc2)c(C(C)(C)C)c1O. The third-order valence-electron chi connectivity index (χ3n) is 2.94. The first-order valence-corrected chi connectivity index (χ1v) is 5.88. The summed E-state index contributed by atoms with van der Waals surface area (Å²) < 4.78 is 10.3. The lowest BCUT2D eigenvalue weighted by Crippen LogP contribution is -2.13. The van der Waals surface area contributed by atoms with Crippen molar-refractivity contribution in [3.8, 4) is 22.6 Å². The van der Waals surface area contributed by atoms with Gasteiger partial charge in [0, 0.05) is 11.1 Å². The number of furan rings is 1. The minimum absolute atomic E-state index is 0.189. The maximum absolute atomic E-state index is 10.3. The molecule has 1 N–H and O–H groups in total. The first kappa shape index (κ1) is 12.6. The molecular formula is C15H18O3. The van der Waals surface area contributed by atoms with Crippen LogP contribution in [-0.2, 0) is 5.41 Å². The number of ether oxygens (including phenoxy) is 1. The summed E-state index contributed by atoms with van der Waals surface area (Å²) in [6, 6.07) is 5.60. The molecule has 0 amide bonds. The standard InChI is InChI=1S/C15H18O3/c1-15(2,3)13-11(10-7-8-18-9-10)5-6-12(17-4)14(13)16/h5-9,16H,1-4H3. The van der Waals surface area contributed by atoms with Gasteiger partial charge in [-0.25, -0.2) is 0 Å². The lowest BCUT2D eigenvalue weighted by molar-refractivity contribution is 0.364. The van der Waals surface area contributed by atoms with Crippen LogP contribution in [0.25, 0.3) is 11.1 Å². The zero-order chi connectivity index (χ0) is 13.3. The normalized spacial score (nSPS) is 11.6. The number of hydrogen-bond acceptors (Lipinski definition) is 3. The van der Waals surface area contributed by atoms with Crippen LogP contribution >= 0.6 is 0 Å². The molecule has 0 unspecified atom stereocenters. The maximum Gasteiger partial charge on any atom is 0.162 e. The zero-order valence-electron chi connectivity index (χ0n) is 11.2. The molecule has 3 nitrogen and oxygen atoms in total. The van der Waals surface area contributed by atoms with Crippen molar-refractivity contribution in [2.45, 2.75) is 26.2 Å². The molecule has 2 rings (SSSR count). The van der Waals surface area contributed by atoms with Crippen LogP contribution in [0.2, 0.25) is 0 Å². The molecule has 1 aromatic carbocycles. The fourth-order valence-electron chi connectivity index (χ4n) is 2.15. The summed E-state index contributed by atoms with van der Waals surface area (Å²) in [5, 5.41) is 10.3. The van der Waals surface area contributed by atoms with E-state index in [0.29, 0.717) is 5.75 Å². The Bertz CT molecular complexity index is 534. The fraction of sp³-hybridized carbons (Fsp3) is 0.333. The number of benzene rings is 1. The summed E-state index contributed by atoms with van der Waals surface area (Å²) in [7, 11) is 1.55. The van der Waals surface area contributed by atoms with Gasteiger partial charge < -0.3 is 14.3 Å². The second-order valence-electron chi connectivity index (χ2n) is 5.30. The maximum atomic E-state index is 10.3. The lowest BCUT2D eigenvalue weighted by atomic mass is 9.81. The second kappa shape index (κ2) is 4.41. The molecule has 0 bridgehead atoms. The largest absolute Gasteiger partial charge is 0.504 e. The second-order valence-corrected chi connectivity index (χ2v) is 5.30. The molecule has 0 saturated carbocycles. The number of rotatable bonds is 2. The highest BCUT2D eigenvalue weighted by Gasteiger charge is 2.25. The van der Waals surface area contributed by atoms with Crippen LogP contribution in [-0.4, -0.2) is 12.2 Å². The molecule has 0 aliphatic heterocycles. The van der Waals surface area contributed by atoms with Gasteiger partial charge in [0.05, 0.1) is 19.6 Å². The third-order valence-corrected chi connectivity index (χ3v) is 2.94. The van der Waals surface area contributed by atoms with Gasteiger partial charge in [0.2, 0.25) is 0 Å². The predicted molar refractivity (Wildman–Crippen MR) is 71.1 cm³/mol. The van der Waals surface area contributed by atoms with Gasteiger partial charge in [0.25, 0.3) is 0 Å². The molecule has 2 aromatic rings. The van der Waals surface area contributed by atoms with Crippen molar-refractivity contribution in [3.05, 3.63) is 36.3 Å². The smallest absolute Gasteiger partial charge is 0.162 e. The van der Waals surface area contributed by atoms with Crippen LogP contribution in [0.15, 0.2) is 35.1 Å². The van der Waals surface area contributed by atoms with Crippen LogP contribution in [0.4, 0.5) is 0 Å². The van der Waals surface area contributed by atoms with Crippen LogP contribution < -0.4 is 4.74 Å². The predicted octanol–water partition coefficient (Wildman–Crippen LogP) is 3.96. The third kappa shape index (κ3) is 2.08. The summed E-state index contributed by atoms with van der Waals surface area (Å²) in [5.74, 6) is 0.691. The van der Waals surface area contributed by atoms with Crippen molar-refractivity contribution in [2.24, 2.45) is 0 Å². The van der Waals surface area contributed by atoms with E-state index < -0.39 is 0 Å². The molecule has 0 spiro atoms. The molecule has 0 saturated heterocycles. The summed E-state index contributed by atoms with van der Waals surface area (Å²) in [5.41, 5.74) is 2.60. The van der Waals surface area contributed by atoms with Crippen molar-refractivity contribution in [2.75, 3.05) is 7.11 Å². The number of phenolic OH excluding ortho intramolecular Hbond substituents is 1. The molecule has 18 heavy (non-hydrogen) atoms. The zero-order valence-corrected chi connectivity index (χ0v) is 11.2. The number of phenols is 1. The van der Waals surface area contributed by atoms with Crippen molar-refractivity contribution >= 4 is 0 Å². The van der Waals surface area contributed by atoms with E-state index in [9.17, 15) is 5.11 Å². The minimum Gasteiger partial charge on any atom is -0.504 e. The Morgan fingerprint density at radius 2 is 1.89 bits per heavy atom. The highest BCUT2D eigenvalue weighted by molar-refractivity contribution is 5.73. The fourth-order valence-corrected chi connectivity index (χ4v) is 2.15. The van der Waals surface area contributed by atoms with Crippen molar-refractivity contribution in [1.82, 2.24) is 0 Å². The van der Waals surface area contributed by atoms with Gasteiger partial charge in [-0.1, -0.05) is 26.8 Å². The molecule has 96 valence electrons. The highest BCUT2D eigenvalue weighted by Crippen LogP contribution is 2.43. The van der Waals surface area contributed by atoms with Crippen molar-refractivity contribution in [1.29, 1.82) is 0 Å². The highest BCUT2D eigenvalue weighted by atomic mass is 16.5. The molecule has 1 heterocycles. The first-order chi connectivity index (χ1) is 8.45. The molecule has 3 heteroatoms. The van der Waals surface area contributed by atoms with E-state index in [-0.39, 0.29) is 11.2 Å². The van der Waals surface area contributed by atoms with E-state index in [1.54, 1.807) is 25.7 Å². The average Bonchev–Trinajstić information content (AvgIpc) is 2.80. The molecule has 0 aliphatic carbocycles. The van der Waals surface area contributed by atoms with E-state index in [0.717, 1.165) is 16.7 Å². The Hall–Kier alpha value is -1.90. The van der Waals surface area contributed by atoms with Gasteiger partial charge in [-0.2, -0.15) is 0 Å². The van der Waals surface area contributed by atoms with Crippen LogP contribution in [0, 0.1) is 0 Å². The lowest BCUT2D eigenvalue weighted by Gasteiger charge is -2.24. The Labute approximate surface area is 107 Å². The molecule has 1 aromatic heterocycles. The van der Waals surface area contributed by atoms with Crippen molar-refractivity contribution < 1.29 is 14.3 Å². The summed E-state index contributed by atoms with van der Waals surface area (Å²) in [6.07, 6.45) is 3.31. The van der Waals surface area contributed by atoms with Gasteiger partial charge in [0.1, 0.15) is 0 Å². The summed E-state index contributed by atoms with van der Waals surface area (Å²) >= 11 is 0. The van der Waals surface area contributed by atoms with Crippen LogP contribution in [0.5, 0.6) is 11.5 Å². The van der Waals surface area contributed by atoms with Gasteiger partial charge >= 0.3 is 0 Å². The van der Waals surface area contributed by atoms with Crippen LogP contribution in [0.1, 0.15) is 26.3 Å².